The molecule has 1 aromatic carbocycles. The third-order valence-electron chi connectivity index (χ3n) is 4.50. The number of nitrogens with one attached hydrogen (secondary N) is 1. The molecule has 6 heteroatoms. The molecule has 3 rings (SSSR count). The highest BCUT2D eigenvalue weighted by molar-refractivity contribution is 5.83. The fraction of sp³-hybridized carbons (Fsp3) is 0.471. The third-order valence-corrected chi connectivity index (χ3v) is 4.50. The minimum absolute atomic E-state index is 0.0911. The van der Waals surface area contributed by atoms with Crippen LogP contribution in [0.2, 0.25) is 0 Å². The molecule has 124 valence electrons. The minimum Gasteiger partial charge on any atom is -0.388 e. The number of hydrogen-bond acceptors (Lipinski definition) is 3. The molecule has 0 bridgehead atoms. The van der Waals surface area contributed by atoms with E-state index >= 15 is 0 Å². The van der Waals surface area contributed by atoms with Crippen LogP contribution in [0.3, 0.4) is 0 Å². The van der Waals surface area contributed by atoms with E-state index in [0.717, 1.165) is 24.6 Å². The summed E-state index contributed by atoms with van der Waals surface area (Å²) < 4.78 is 20.3. The van der Waals surface area contributed by atoms with Gasteiger partial charge in [-0.15, -0.1) is 0 Å². The molecule has 1 amide bonds. The molecular weight excluding hydrogens is 299 g/mol. The summed E-state index contributed by atoms with van der Waals surface area (Å²) in [5.74, 6) is -0.531. The highest BCUT2D eigenvalue weighted by Gasteiger charge is 2.32. The number of carbonyl (C=O) groups excluding carboxylic acids is 1. The lowest BCUT2D eigenvalue weighted by molar-refractivity contribution is -0.125. The van der Waals surface area contributed by atoms with Gasteiger partial charge in [-0.2, -0.15) is 0 Å². The molecule has 1 aromatic heterocycles. The molecule has 1 aliphatic carbocycles. The SMILES string of the molecule is CO[C@@H]1CCC[C@@H](NC(=O)Cn2ccc3ccc(F)cc32)[C@H]1O. The van der Waals surface area contributed by atoms with Crippen LogP contribution in [0.15, 0.2) is 30.5 Å². The molecule has 1 aliphatic rings. The average molecular weight is 320 g/mol. The van der Waals surface area contributed by atoms with Gasteiger partial charge in [0, 0.05) is 13.3 Å². The van der Waals surface area contributed by atoms with Gasteiger partial charge in [0.15, 0.2) is 0 Å². The van der Waals surface area contributed by atoms with E-state index in [4.69, 9.17) is 4.74 Å². The number of halogens is 1. The van der Waals surface area contributed by atoms with E-state index in [1.165, 1.54) is 12.1 Å². The van der Waals surface area contributed by atoms with Gasteiger partial charge in [-0.25, -0.2) is 4.39 Å². The van der Waals surface area contributed by atoms with Crippen molar-refractivity contribution in [2.45, 2.75) is 44.1 Å². The first-order valence-corrected chi connectivity index (χ1v) is 7.83. The second-order valence-corrected chi connectivity index (χ2v) is 6.02. The fourth-order valence-corrected chi connectivity index (χ4v) is 3.26. The van der Waals surface area contributed by atoms with Crippen LogP contribution in [-0.2, 0) is 16.1 Å². The van der Waals surface area contributed by atoms with Crippen molar-refractivity contribution in [3.63, 3.8) is 0 Å². The number of hydrogen-bond donors (Lipinski definition) is 2. The summed E-state index contributed by atoms with van der Waals surface area (Å²) in [6, 6.07) is 6.04. The molecule has 23 heavy (non-hydrogen) atoms. The number of aromatic nitrogens is 1. The van der Waals surface area contributed by atoms with E-state index in [-0.39, 0.29) is 30.4 Å². The van der Waals surface area contributed by atoms with Gasteiger partial charge < -0.3 is 19.7 Å². The normalized spacial score (nSPS) is 24.7. The molecule has 1 fully saturated rings. The topological polar surface area (TPSA) is 63.5 Å². The van der Waals surface area contributed by atoms with E-state index in [1.807, 2.05) is 6.07 Å². The number of rotatable bonds is 4. The summed E-state index contributed by atoms with van der Waals surface area (Å²) in [6.07, 6.45) is 3.25. The van der Waals surface area contributed by atoms with Gasteiger partial charge in [0.2, 0.25) is 5.91 Å². The van der Waals surface area contributed by atoms with E-state index in [1.54, 1.807) is 23.9 Å². The standard InChI is InChI=1S/C17H21FN2O3/c1-23-15-4-2-3-13(17(15)22)19-16(21)10-20-8-7-11-5-6-12(18)9-14(11)20/h5-9,13,15,17,22H,2-4,10H2,1H3,(H,19,21)/t13-,15-,17-/m1/s1. The van der Waals surface area contributed by atoms with Crippen molar-refractivity contribution in [1.29, 1.82) is 0 Å². The van der Waals surface area contributed by atoms with Crippen LogP contribution < -0.4 is 5.32 Å². The molecule has 5 nitrogen and oxygen atoms in total. The molecule has 0 spiro atoms. The molecule has 2 aromatic rings. The van der Waals surface area contributed by atoms with Crippen LogP contribution in [0.25, 0.3) is 10.9 Å². The highest BCUT2D eigenvalue weighted by Crippen LogP contribution is 2.22. The van der Waals surface area contributed by atoms with E-state index in [9.17, 15) is 14.3 Å². The maximum Gasteiger partial charge on any atom is 0.240 e. The van der Waals surface area contributed by atoms with Gasteiger partial charge in [-0.3, -0.25) is 4.79 Å². The summed E-state index contributed by atoms with van der Waals surface area (Å²) in [7, 11) is 1.57. The zero-order chi connectivity index (χ0) is 16.4. The van der Waals surface area contributed by atoms with Gasteiger partial charge in [0.05, 0.1) is 17.7 Å². The number of aliphatic hydroxyl groups excluding tert-OH is 1. The van der Waals surface area contributed by atoms with Gasteiger partial charge in [0.25, 0.3) is 0 Å². The predicted octanol–water partition coefficient (Wildman–Crippen LogP) is 1.82. The van der Waals surface area contributed by atoms with Crippen LogP contribution in [0.5, 0.6) is 0 Å². The maximum absolute atomic E-state index is 13.4. The number of ether oxygens (including phenoxy) is 1. The summed E-state index contributed by atoms with van der Waals surface area (Å²) >= 11 is 0. The lowest BCUT2D eigenvalue weighted by Crippen LogP contribution is -2.52. The Morgan fingerprint density at radius 2 is 2.26 bits per heavy atom. The smallest absolute Gasteiger partial charge is 0.240 e. The summed E-state index contributed by atoms with van der Waals surface area (Å²) in [6.45, 7) is 0.0911. The first-order valence-electron chi connectivity index (χ1n) is 7.83. The molecule has 3 atom stereocenters. The number of benzene rings is 1. The Morgan fingerprint density at radius 1 is 1.43 bits per heavy atom. The number of fused-ring (bicyclic) bond motifs is 1. The quantitative estimate of drug-likeness (QED) is 0.903. The van der Waals surface area contributed by atoms with Crippen molar-refractivity contribution in [3.05, 3.63) is 36.3 Å². The second-order valence-electron chi connectivity index (χ2n) is 6.02. The van der Waals surface area contributed by atoms with Crippen LogP contribution >= 0.6 is 0 Å². The Hall–Kier alpha value is -1.92. The molecule has 0 radical (unpaired) electrons. The van der Waals surface area contributed by atoms with Crippen molar-refractivity contribution < 1.29 is 19.0 Å². The number of carbonyl (C=O) groups is 1. The third kappa shape index (κ3) is 3.38. The molecule has 1 heterocycles. The number of amides is 1. The fourth-order valence-electron chi connectivity index (χ4n) is 3.26. The Labute approximate surface area is 134 Å². The first kappa shape index (κ1) is 16.0. The van der Waals surface area contributed by atoms with Gasteiger partial charge in [0.1, 0.15) is 18.5 Å². The number of aliphatic hydroxyl groups is 1. The van der Waals surface area contributed by atoms with Crippen LogP contribution in [0.4, 0.5) is 4.39 Å². The van der Waals surface area contributed by atoms with E-state index < -0.39 is 6.10 Å². The molecule has 0 aliphatic heterocycles. The lowest BCUT2D eigenvalue weighted by atomic mass is 9.90. The van der Waals surface area contributed by atoms with Gasteiger partial charge >= 0.3 is 0 Å². The summed E-state index contributed by atoms with van der Waals surface area (Å²) in [4.78, 5) is 12.3. The lowest BCUT2D eigenvalue weighted by Gasteiger charge is -2.34. The van der Waals surface area contributed by atoms with Crippen LogP contribution in [0.1, 0.15) is 19.3 Å². The summed E-state index contributed by atoms with van der Waals surface area (Å²) in [5.41, 5.74) is 0.680. The molecule has 1 saturated carbocycles. The zero-order valence-corrected chi connectivity index (χ0v) is 13.0. The monoisotopic (exact) mass is 320 g/mol. The largest absolute Gasteiger partial charge is 0.388 e. The first-order chi connectivity index (χ1) is 11.1. The van der Waals surface area contributed by atoms with Crippen LogP contribution in [0, 0.1) is 5.82 Å². The van der Waals surface area contributed by atoms with E-state index in [2.05, 4.69) is 5.32 Å². The van der Waals surface area contributed by atoms with Crippen molar-refractivity contribution in [3.8, 4) is 0 Å². The van der Waals surface area contributed by atoms with Crippen molar-refractivity contribution in [2.75, 3.05) is 7.11 Å². The molecular formula is C17H21FN2O3. The molecule has 0 unspecified atom stereocenters. The van der Waals surface area contributed by atoms with Crippen molar-refractivity contribution in [2.24, 2.45) is 0 Å². The van der Waals surface area contributed by atoms with E-state index in [0.29, 0.717) is 5.52 Å². The van der Waals surface area contributed by atoms with Crippen LogP contribution in [-0.4, -0.2) is 40.9 Å². The maximum atomic E-state index is 13.4. The minimum atomic E-state index is -0.698. The number of nitrogens with zero attached hydrogens (tertiary/aromatic N) is 1. The second kappa shape index (κ2) is 6.68. The van der Waals surface area contributed by atoms with Crippen molar-refractivity contribution >= 4 is 16.8 Å². The highest BCUT2D eigenvalue weighted by atomic mass is 19.1. The Kier molecular flexibility index (Phi) is 4.63. The zero-order valence-electron chi connectivity index (χ0n) is 13.0. The predicted molar refractivity (Wildman–Crippen MR) is 84.5 cm³/mol. The Morgan fingerprint density at radius 3 is 3.04 bits per heavy atom. The van der Waals surface area contributed by atoms with Gasteiger partial charge in [-0.05, 0) is 48.9 Å². The Balaban J connectivity index is 1.68. The number of methoxy groups -OCH3 is 1. The Bertz CT molecular complexity index is 700. The van der Waals surface area contributed by atoms with Gasteiger partial charge in [-0.1, -0.05) is 0 Å². The van der Waals surface area contributed by atoms with Crippen molar-refractivity contribution in [1.82, 2.24) is 9.88 Å². The summed E-state index contributed by atoms with van der Waals surface area (Å²) in [5, 5.41) is 14.0. The molecule has 0 saturated heterocycles. The average Bonchev–Trinajstić information content (AvgIpc) is 2.91. The molecule has 2 N–H and O–H groups in total.